The number of amides is 1. The van der Waals surface area contributed by atoms with Crippen LogP contribution in [-0.2, 0) is 14.3 Å². The maximum Gasteiger partial charge on any atom is 0.338 e. The molecule has 0 aliphatic carbocycles. The molecule has 1 amide bonds. The van der Waals surface area contributed by atoms with E-state index in [0.717, 1.165) is 6.42 Å². The number of esters is 1. The monoisotopic (exact) mass is 592 g/mol. The molecule has 41 heavy (non-hydrogen) atoms. The molecule has 2 atom stereocenters. The first-order chi connectivity index (χ1) is 19.8. The van der Waals surface area contributed by atoms with Crippen molar-refractivity contribution < 1.29 is 19.1 Å². The smallest absolute Gasteiger partial charge is 0.338 e. The van der Waals surface area contributed by atoms with Gasteiger partial charge in [0.1, 0.15) is 17.7 Å². The second-order valence-corrected chi connectivity index (χ2v) is 11.0. The number of para-hydroxylation sites is 1. The number of ether oxygens (including phenoxy) is 2. The Labute approximate surface area is 245 Å². The van der Waals surface area contributed by atoms with Gasteiger partial charge in [-0.25, -0.2) is 9.79 Å². The lowest BCUT2D eigenvalue weighted by atomic mass is 9.93. The van der Waals surface area contributed by atoms with Gasteiger partial charge in [-0.2, -0.15) is 10.1 Å². The Balaban J connectivity index is 1.71. The predicted molar refractivity (Wildman–Crippen MR) is 159 cm³/mol. The van der Waals surface area contributed by atoms with Gasteiger partial charge in [-0.05, 0) is 56.7 Å². The van der Waals surface area contributed by atoms with Crippen molar-refractivity contribution in [3.63, 3.8) is 0 Å². The molecule has 9 nitrogen and oxygen atoms in total. The minimum Gasteiger partial charge on any atom is -0.496 e. The molecule has 0 fully saturated rings. The molecule has 5 rings (SSSR count). The summed E-state index contributed by atoms with van der Waals surface area (Å²) in [5, 5.41) is 6.23. The summed E-state index contributed by atoms with van der Waals surface area (Å²) in [5.74, 6) is -1.09. The average Bonchev–Trinajstić information content (AvgIpc) is 3.43. The van der Waals surface area contributed by atoms with Gasteiger partial charge in [0.15, 0.2) is 4.80 Å². The Morgan fingerprint density at radius 2 is 1.90 bits per heavy atom. The number of nitrogens with zero attached hydrogens (tertiary/aromatic N) is 4. The van der Waals surface area contributed by atoms with Crippen molar-refractivity contribution in [3.8, 4) is 5.75 Å². The number of allylic oxidation sites excluding steroid dienone is 1. The third kappa shape index (κ3) is 5.25. The number of carbonyl (C=O) groups is 2. The highest BCUT2D eigenvalue weighted by Gasteiger charge is 2.37. The Hall–Kier alpha value is -4.02. The van der Waals surface area contributed by atoms with Gasteiger partial charge in [-0.1, -0.05) is 54.5 Å². The standard InChI is InChI=1S/C30H29ClN4O5S/c1-5-10-22-25(29(38)40-6-2)26(21-15-18(31)13-14-23(21)39-4)34-28(37)24(41-30(34)32-22)16-20-17(3)33-35(27(20)36)19-11-8-7-9-12-19/h7-9,11-16,20,26H,5-6,10H2,1-4H3/b24-16-/t20-,26+/m0/s1. The third-order valence-electron chi connectivity index (χ3n) is 6.88. The molecule has 1 aromatic heterocycles. The Morgan fingerprint density at radius 3 is 2.59 bits per heavy atom. The summed E-state index contributed by atoms with van der Waals surface area (Å²) in [6.07, 6.45) is 2.85. The fourth-order valence-corrected chi connectivity index (χ4v) is 6.23. The van der Waals surface area contributed by atoms with Gasteiger partial charge in [0.25, 0.3) is 11.5 Å². The van der Waals surface area contributed by atoms with Crippen molar-refractivity contribution in [2.75, 3.05) is 18.7 Å². The second kappa shape index (κ2) is 11.8. The third-order valence-corrected chi connectivity index (χ3v) is 8.12. The molecule has 11 heteroatoms. The van der Waals surface area contributed by atoms with Crippen LogP contribution in [-0.4, -0.2) is 35.9 Å². The van der Waals surface area contributed by atoms with Crippen LogP contribution in [0.1, 0.15) is 45.2 Å². The van der Waals surface area contributed by atoms with E-state index >= 15 is 0 Å². The molecule has 3 heterocycles. The maximum atomic E-state index is 14.1. The molecule has 0 radical (unpaired) electrons. The van der Waals surface area contributed by atoms with Crippen LogP contribution in [0.25, 0.3) is 6.08 Å². The maximum absolute atomic E-state index is 14.1. The van der Waals surface area contributed by atoms with Crippen LogP contribution in [0.5, 0.6) is 5.75 Å². The zero-order chi connectivity index (χ0) is 29.3. The summed E-state index contributed by atoms with van der Waals surface area (Å²) in [6.45, 7) is 5.63. The van der Waals surface area contributed by atoms with Crippen LogP contribution in [0.4, 0.5) is 5.69 Å². The topological polar surface area (TPSA) is 103 Å². The number of halogens is 1. The van der Waals surface area contributed by atoms with Crippen LogP contribution in [0.2, 0.25) is 5.02 Å². The van der Waals surface area contributed by atoms with Crippen molar-refractivity contribution in [2.24, 2.45) is 16.0 Å². The quantitative estimate of drug-likeness (QED) is 0.364. The molecular formula is C30H29ClN4O5S. The van der Waals surface area contributed by atoms with Crippen molar-refractivity contribution >= 4 is 52.3 Å². The van der Waals surface area contributed by atoms with Gasteiger partial charge in [0.2, 0.25) is 0 Å². The van der Waals surface area contributed by atoms with E-state index in [1.54, 1.807) is 50.3 Å². The molecular weight excluding hydrogens is 564 g/mol. The van der Waals surface area contributed by atoms with Crippen LogP contribution >= 0.6 is 22.9 Å². The van der Waals surface area contributed by atoms with Gasteiger partial charge < -0.3 is 9.47 Å². The predicted octanol–water partition coefficient (Wildman–Crippen LogP) is 4.23. The van der Waals surface area contributed by atoms with Crippen LogP contribution in [0, 0.1) is 5.92 Å². The van der Waals surface area contributed by atoms with E-state index in [4.69, 9.17) is 26.1 Å². The van der Waals surface area contributed by atoms with E-state index < -0.39 is 23.5 Å². The number of methoxy groups -OCH3 is 1. The number of hydrogen-bond donors (Lipinski definition) is 0. The van der Waals surface area contributed by atoms with E-state index in [0.29, 0.717) is 49.2 Å². The lowest BCUT2D eigenvalue weighted by molar-refractivity contribution is -0.139. The van der Waals surface area contributed by atoms with Crippen molar-refractivity contribution in [2.45, 2.75) is 39.7 Å². The van der Waals surface area contributed by atoms with E-state index in [2.05, 4.69) is 5.10 Å². The molecule has 0 saturated heterocycles. The molecule has 2 aliphatic rings. The fraction of sp³-hybridized carbons (Fsp3) is 0.300. The van der Waals surface area contributed by atoms with Crippen LogP contribution in [0.15, 0.2) is 74.7 Å². The summed E-state index contributed by atoms with van der Waals surface area (Å²) in [4.78, 5) is 46.1. The highest BCUT2D eigenvalue weighted by molar-refractivity contribution is 7.07. The Bertz CT molecular complexity index is 1760. The number of anilines is 1. The van der Waals surface area contributed by atoms with Gasteiger partial charge in [0.05, 0.1) is 40.9 Å². The van der Waals surface area contributed by atoms with E-state index in [1.807, 2.05) is 25.1 Å². The summed E-state index contributed by atoms with van der Waals surface area (Å²) >= 11 is 7.57. The number of hydrazone groups is 1. The van der Waals surface area contributed by atoms with Crippen molar-refractivity contribution in [1.29, 1.82) is 0 Å². The Kier molecular flexibility index (Phi) is 8.23. The minimum atomic E-state index is -0.891. The average molecular weight is 593 g/mol. The number of fused-ring (bicyclic) bond motifs is 1. The van der Waals surface area contributed by atoms with Crippen molar-refractivity contribution in [3.05, 3.63) is 90.1 Å². The van der Waals surface area contributed by atoms with Gasteiger partial charge in [-0.3, -0.25) is 14.2 Å². The molecule has 0 N–H and O–H groups in total. The lowest BCUT2D eigenvalue weighted by Gasteiger charge is -2.27. The number of thiazole rings is 1. The van der Waals surface area contributed by atoms with E-state index in [-0.39, 0.29) is 18.1 Å². The van der Waals surface area contributed by atoms with Crippen LogP contribution in [0.3, 0.4) is 0 Å². The Morgan fingerprint density at radius 1 is 1.15 bits per heavy atom. The lowest BCUT2D eigenvalue weighted by Crippen LogP contribution is -2.40. The van der Waals surface area contributed by atoms with Gasteiger partial charge >= 0.3 is 5.97 Å². The molecule has 212 valence electrons. The summed E-state index contributed by atoms with van der Waals surface area (Å²) in [7, 11) is 1.52. The molecule has 0 spiro atoms. The molecule has 0 saturated carbocycles. The SMILES string of the molecule is CCCC1=C(C(=O)OCC)[C@@H](c2cc(Cl)ccc2OC)n2c(s/c(=C\[C@@H]3C(=O)N(c4ccccc4)N=C3C)c2=O)=N1. The number of aromatic nitrogens is 1. The highest BCUT2D eigenvalue weighted by Crippen LogP contribution is 2.38. The number of carbonyl (C=O) groups excluding carboxylic acids is 2. The zero-order valence-electron chi connectivity index (χ0n) is 23.1. The van der Waals surface area contributed by atoms with Crippen molar-refractivity contribution in [1.82, 2.24) is 4.57 Å². The summed E-state index contributed by atoms with van der Waals surface area (Å²) < 4.78 is 12.9. The molecule has 0 unspecified atom stereocenters. The number of rotatable bonds is 8. The van der Waals surface area contributed by atoms with Gasteiger partial charge in [0, 0.05) is 10.6 Å². The molecule has 2 aliphatic heterocycles. The molecule has 2 aromatic carbocycles. The minimum absolute atomic E-state index is 0.159. The first kappa shape index (κ1) is 28.5. The second-order valence-electron chi connectivity index (χ2n) is 9.53. The molecule has 3 aromatic rings. The zero-order valence-corrected chi connectivity index (χ0v) is 24.7. The normalized spacial score (nSPS) is 18.8. The van der Waals surface area contributed by atoms with E-state index in [9.17, 15) is 14.4 Å². The summed E-state index contributed by atoms with van der Waals surface area (Å²) in [5.41, 5.74) is 2.15. The summed E-state index contributed by atoms with van der Waals surface area (Å²) in [6, 6.07) is 13.3. The fourth-order valence-electron chi connectivity index (χ4n) is 5.03. The highest BCUT2D eigenvalue weighted by atomic mass is 35.5. The number of hydrogen-bond acceptors (Lipinski definition) is 8. The van der Waals surface area contributed by atoms with Crippen LogP contribution < -0.4 is 24.6 Å². The first-order valence-electron chi connectivity index (χ1n) is 13.3. The number of benzene rings is 2. The van der Waals surface area contributed by atoms with E-state index in [1.165, 1.54) is 28.0 Å². The largest absolute Gasteiger partial charge is 0.496 e. The first-order valence-corrected chi connectivity index (χ1v) is 14.5. The van der Waals surface area contributed by atoms with Gasteiger partial charge in [-0.15, -0.1) is 0 Å². The molecule has 0 bridgehead atoms.